The molecule has 1 atom stereocenters. The largest absolute Gasteiger partial charge is 0.334 e. The molecule has 100 valence electrons. The fraction of sp³-hybridized carbons (Fsp3) is 0.643. The number of carbonyl (C=O) groups excluding carboxylic acids is 1. The summed E-state index contributed by atoms with van der Waals surface area (Å²) in [5, 5.41) is 4.22. The van der Waals surface area contributed by atoms with Crippen molar-refractivity contribution in [1.82, 2.24) is 4.90 Å². The molecule has 1 unspecified atom stereocenters. The van der Waals surface area contributed by atoms with Crippen LogP contribution in [0.15, 0.2) is 16.8 Å². The van der Waals surface area contributed by atoms with Crippen LogP contribution in [0.4, 0.5) is 0 Å². The van der Waals surface area contributed by atoms with Gasteiger partial charge in [0, 0.05) is 6.54 Å². The van der Waals surface area contributed by atoms with Gasteiger partial charge in [0.1, 0.15) is 0 Å². The van der Waals surface area contributed by atoms with E-state index < -0.39 is 5.54 Å². The van der Waals surface area contributed by atoms with Gasteiger partial charge >= 0.3 is 0 Å². The average molecular weight is 266 g/mol. The minimum atomic E-state index is -0.682. The minimum Gasteiger partial charge on any atom is -0.334 e. The van der Waals surface area contributed by atoms with E-state index >= 15 is 0 Å². The molecule has 2 heterocycles. The number of thiophene rings is 1. The molecule has 1 aromatic rings. The van der Waals surface area contributed by atoms with E-state index in [1.165, 1.54) is 5.56 Å². The van der Waals surface area contributed by atoms with Crippen molar-refractivity contribution in [3.05, 3.63) is 22.4 Å². The molecule has 0 radical (unpaired) electrons. The number of likely N-dealkylation sites (tertiary alicyclic amines) is 1. The average Bonchev–Trinajstić information content (AvgIpc) is 3.06. The fourth-order valence-corrected chi connectivity index (χ4v) is 3.37. The number of nitrogens with zero attached hydrogens (tertiary/aromatic N) is 1. The second-order valence-electron chi connectivity index (χ2n) is 5.08. The van der Waals surface area contributed by atoms with Crippen LogP contribution in [0.1, 0.15) is 51.1 Å². The molecule has 2 N–H and O–H groups in total. The Labute approximate surface area is 113 Å². The summed E-state index contributed by atoms with van der Waals surface area (Å²) in [4.78, 5) is 14.6. The van der Waals surface area contributed by atoms with Crippen LogP contribution in [0.5, 0.6) is 0 Å². The number of amides is 1. The molecule has 0 saturated carbocycles. The number of carbonyl (C=O) groups is 1. The predicted molar refractivity (Wildman–Crippen MR) is 75.5 cm³/mol. The van der Waals surface area contributed by atoms with Crippen molar-refractivity contribution in [1.29, 1.82) is 0 Å². The van der Waals surface area contributed by atoms with E-state index in [0.29, 0.717) is 12.8 Å². The topological polar surface area (TPSA) is 46.3 Å². The Hall–Kier alpha value is -0.870. The summed E-state index contributed by atoms with van der Waals surface area (Å²) in [6.45, 7) is 4.84. The molecule has 2 rings (SSSR count). The standard InChI is InChI=1S/C14H22N2OS/c1-3-14(15,4-2)13(17)16-8-5-6-12(16)11-7-9-18-10-11/h7,9-10,12H,3-6,8,15H2,1-2H3. The van der Waals surface area contributed by atoms with Crippen LogP contribution in [0.2, 0.25) is 0 Å². The first kappa shape index (κ1) is 13.6. The maximum absolute atomic E-state index is 12.6. The van der Waals surface area contributed by atoms with E-state index in [9.17, 15) is 4.79 Å². The van der Waals surface area contributed by atoms with Crippen LogP contribution in [-0.2, 0) is 4.79 Å². The zero-order valence-corrected chi connectivity index (χ0v) is 12.0. The molecule has 0 aromatic carbocycles. The van der Waals surface area contributed by atoms with E-state index in [4.69, 9.17) is 5.73 Å². The van der Waals surface area contributed by atoms with Gasteiger partial charge in [-0.2, -0.15) is 11.3 Å². The molecular weight excluding hydrogens is 244 g/mol. The Morgan fingerprint density at radius 2 is 2.28 bits per heavy atom. The van der Waals surface area contributed by atoms with Crippen LogP contribution in [0, 0.1) is 0 Å². The zero-order chi connectivity index (χ0) is 13.2. The van der Waals surface area contributed by atoms with Gasteiger partial charge in [-0.25, -0.2) is 0 Å². The summed E-state index contributed by atoms with van der Waals surface area (Å²) in [5.41, 5.74) is 6.83. The molecule has 1 saturated heterocycles. The van der Waals surface area contributed by atoms with E-state index in [2.05, 4.69) is 16.8 Å². The highest BCUT2D eigenvalue weighted by atomic mass is 32.1. The van der Waals surface area contributed by atoms with Crippen LogP contribution < -0.4 is 5.73 Å². The number of hydrogen-bond acceptors (Lipinski definition) is 3. The van der Waals surface area contributed by atoms with Crippen LogP contribution in [0.3, 0.4) is 0 Å². The Balaban J connectivity index is 2.19. The van der Waals surface area contributed by atoms with Gasteiger partial charge in [0.05, 0.1) is 11.6 Å². The third-order valence-corrected chi connectivity index (χ3v) is 4.83. The second kappa shape index (κ2) is 5.41. The van der Waals surface area contributed by atoms with Gasteiger partial charge in [0.15, 0.2) is 0 Å². The molecule has 1 amide bonds. The molecule has 0 spiro atoms. The lowest BCUT2D eigenvalue weighted by Crippen LogP contribution is -2.54. The van der Waals surface area contributed by atoms with Crippen molar-refractivity contribution in [3.63, 3.8) is 0 Å². The van der Waals surface area contributed by atoms with Gasteiger partial charge < -0.3 is 10.6 Å². The Morgan fingerprint density at radius 3 is 2.83 bits per heavy atom. The lowest BCUT2D eigenvalue weighted by molar-refractivity contribution is -0.138. The van der Waals surface area contributed by atoms with Crippen LogP contribution in [0.25, 0.3) is 0 Å². The molecule has 18 heavy (non-hydrogen) atoms. The Kier molecular flexibility index (Phi) is 4.07. The van der Waals surface area contributed by atoms with Crippen molar-refractivity contribution < 1.29 is 4.79 Å². The summed E-state index contributed by atoms with van der Waals surface area (Å²) in [5.74, 6) is 0.126. The molecular formula is C14H22N2OS. The van der Waals surface area contributed by atoms with Crippen LogP contribution in [-0.4, -0.2) is 22.9 Å². The van der Waals surface area contributed by atoms with Crippen molar-refractivity contribution in [2.24, 2.45) is 5.73 Å². The monoisotopic (exact) mass is 266 g/mol. The molecule has 1 fully saturated rings. The summed E-state index contributed by atoms with van der Waals surface area (Å²) in [6.07, 6.45) is 3.55. The third-order valence-electron chi connectivity index (χ3n) is 4.13. The highest BCUT2D eigenvalue weighted by Crippen LogP contribution is 2.35. The number of hydrogen-bond donors (Lipinski definition) is 1. The first-order chi connectivity index (χ1) is 8.62. The van der Waals surface area contributed by atoms with Crippen molar-refractivity contribution >= 4 is 17.2 Å². The highest BCUT2D eigenvalue weighted by molar-refractivity contribution is 7.07. The van der Waals surface area contributed by atoms with Gasteiger partial charge in [0.25, 0.3) is 0 Å². The summed E-state index contributed by atoms with van der Waals surface area (Å²) in [6, 6.07) is 2.36. The molecule has 1 aliphatic heterocycles. The number of nitrogens with two attached hydrogens (primary N) is 1. The van der Waals surface area contributed by atoms with E-state index in [1.807, 2.05) is 18.7 Å². The van der Waals surface area contributed by atoms with Crippen molar-refractivity contribution in [2.45, 2.75) is 51.1 Å². The lowest BCUT2D eigenvalue weighted by atomic mass is 9.92. The maximum atomic E-state index is 12.6. The van der Waals surface area contributed by atoms with Crippen molar-refractivity contribution in [3.8, 4) is 0 Å². The fourth-order valence-electron chi connectivity index (χ4n) is 2.66. The van der Waals surface area contributed by atoms with Gasteiger partial charge in [-0.3, -0.25) is 4.79 Å². The molecule has 0 aliphatic carbocycles. The minimum absolute atomic E-state index is 0.126. The van der Waals surface area contributed by atoms with Crippen LogP contribution >= 0.6 is 11.3 Å². The van der Waals surface area contributed by atoms with Gasteiger partial charge in [-0.15, -0.1) is 0 Å². The highest BCUT2D eigenvalue weighted by Gasteiger charge is 2.39. The second-order valence-corrected chi connectivity index (χ2v) is 5.86. The zero-order valence-electron chi connectivity index (χ0n) is 11.2. The van der Waals surface area contributed by atoms with Gasteiger partial charge in [-0.1, -0.05) is 13.8 Å². The number of rotatable bonds is 4. The summed E-state index contributed by atoms with van der Waals surface area (Å²) >= 11 is 1.69. The van der Waals surface area contributed by atoms with E-state index in [0.717, 1.165) is 19.4 Å². The summed E-state index contributed by atoms with van der Waals surface area (Å²) < 4.78 is 0. The SMILES string of the molecule is CCC(N)(CC)C(=O)N1CCCC1c1ccsc1. The molecule has 0 bridgehead atoms. The predicted octanol–water partition coefficient (Wildman–Crippen LogP) is 2.93. The van der Waals surface area contributed by atoms with Crippen molar-refractivity contribution in [2.75, 3.05) is 6.54 Å². The molecule has 1 aromatic heterocycles. The van der Waals surface area contributed by atoms with E-state index in [1.54, 1.807) is 11.3 Å². The lowest BCUT2D eigenvalue weighted by Gasteiger charge is -2.34. The van der Waals surface area contributed by atoms with Gasteiger partial charge in [-0.05, 0) is 48.1 Å². The smallest absolute Gasteiger partial charge is 0.243 e. The molecule has 3 nitrogen and oxygen atoms in total. The Bertz CT molecular complexity index is 398. The quantitative estimate of drug-likeness (QED) is 0.910. The summed E-state index contributed by atoms with van der Waals surface area (Å²) in [7, 11) is 0. The Morgan fingerprint density at radius 1 is 1.56 bits per heavy atom. The van der Waals surface area contributed by atoms with E-state index in [-0.39, 0.29) is 11.9 Å². The maximum Gasteiger partial charge on any atom is 0.243 e. The third kappa shape index (κ3) is 2.31. The first-order valence-corrected chi connectivity index (χ1v) is 7.68. The molecule has 4 heteroatoms. The van der Waals surface area contributed by atoms with Gasteiger partial charge in [0.2, 0.25) is 5.91 Å². The normalized spacial score (nSPS) is 20.4. The first-order valence-electron chi connectivity index (χ1n) is 6.74. The molecule has 1 aliphatic rings.